The number of hydrogen-bond donors (Lipinski definition) is 0. The van der Waals surface area contributed by atoms with Crippen LogP contribution < -0.4 is 0 Å². The molecule has 2 aliphatic rings. The Labute approximate surface area is 87.0 Å². The zero-order valence-electron chi connectivity index (χ0n) is 8.51. The van der Waals surface area contributed by atoms with Crippen molar-refractivity contribution in [3.63, 3.8) is 0 Å². The molecule has 0 aromatic heterocycles. The quantitative estimate of drug-likeness (QED) is 0.483. The Morgan fingerprint density at radius 1 is 1.47 bits per heavy atom. The fourth-order valence-electron chi connectivity index (χ4n) is 1.62. The van der Waals surface area contributed by atoms with E-state index in [0.717, 1.165) is 0 Å². The van der Waals surface area contributed by atoms with E-state index in [1.165, 1.54) is 19.1 Å². The van der Waals surface area contributed by atoms with Gasteiger partial charge in [-0.15, -0.1) is 0 Å². The normalized spacial score (nSPS) is 38.4. The Morgan fingerprint density at radius 3 is 2.67 bits per heavy atom. The number of hydrogen-bond acceptors (Lipinski definition) is 5. The molecule has 0 aromatic carbocycles. The van der Waals surface area contributed by atoms with E-state index in [4.69, 9.17) is 14.2 Å². The van der Waals surface area contributed by atoms with Gasteiger partial charge < -0.3 is 14.2 Å². The molecule has 0 unspecified atom stereocenters. The van der Waals surface area contributed by atoms with Crippen LogP contribution in [0.25, 0.3) is 0 Å². The van der Waals surface area contributed by atoms with E-state index < -0.39 is 24.1 Å². The summed E-state index contributed by atoms with van der Waals surface area (Å²) in [5.41, 5.74) is 0. The van der Waals surface area contributed by atoms with Crippen molar-refractivity contribution in [1.82, 2.24) is 0 Å². The highest BCUT2D eigenvalue weighted by Gasteiger charge is 2.49. The van der Waals surface area contributed by atoms with Gasteiger partial charge in [-0.25, -0.2) is 4.79 Å². The van der Waals surface area contributed by atoms with Crippen LogP contribution in [-0.2, 0) is 23.8 Å². The fourth-order valence-corrected chi connectivity index (χ4v) is 1.62. The zero-order chi connectivity index (χ0) is 11.0. The average molecular weight is 212 g/mol. The molecule has 0 aromatic rings. The smallest absolute Gasteiger partial charge is 0.331 e. The van der Waals surface area contributed by atoms with Crippen LogP contribution in [0, 0.1) is 0 Å². The fraction of sp³-hybridized carbons (Fsp3) is 0.600. The van der Waals surface area contributed by atoms with Crippen molar-refractivity contribution in [3.05, 3.63) is 12.2 Å². The molecule has 15 heavy (non-hydrogen) atoms. The Morgan fingerprint density at radius 2 is 2.13 bits per heavy atom. The van der Waals surface area contributed by atoms with E-state index >= 15 is 0 Å². The van der Waals surface area contributed by atoms with Crippen LogP contribution in [0.3, 0.4) is 0 Å². The minimum Gasteiger partial charge on any atom is -0.454 e. The third kappa shape index (κ3) is 2.18. The number of carbonyl (C=O) groups excluding carboxylic acids is 2. The van der Waals surface area contributed by atoms with E-state index in [9.17, 15) is 9.59 Å². The Hall–Kier alpha value is -1.36. The summed E-state index contributed by atoms with van der Waals surface area (Å²) in [6, 6.07) is 0. The third-order valence-electron chi connectivity index (χ3n) is 2.38. The second-order valence-electron chi connectivity index (χ2n) is 3.64. The third-order valence-corrected chi connectivity index (χ3v) is 2.38. The van der Waals surface area contributed by atoms with Crippen LogP contribution >= 0.6 is 0 Å². The molecule has 1 fully saturated rings. The van der Waals surface area contributed by atoms with E-state index in [1.807, 2.05) is 6.92 Å². The van der Waals surface area contributed by atoms with Crippen LogP contribution in [-0.4, -0.2) is 36.4 Å². The van der Waals surface area contributed by atoms with Gasteiger partial charge in [-0.3, -0.25) is 4.79 Å². The SMILES string of the molecule is CC(=O)O[C@H]1C=CC(=O)O[C@@H]1[C@@H]1O[C@H]1C. The van der Waals surface area contributed by atoms with Gasteiger partial charge in [-0.1, -0.05) is 0 Å². The van der Waals surface area contributed by atoms with Crippen molar-refractivity contribution in [3.8, 4) is 0 Å². The van der Waals surface area contributed by atoms with Crippen LogP contribution in [0.5, 0.6) is 0 Å². The summed E-state index contributed by atoms with van der Waals surface area (Å²) in [4.78, 5) is 21.9. The van der Waals surface area contributed by atoms with Gasteiger partial charge >= 0.3 is 11.9 Å². The first kappa shape index (κ1) is 10.2. The lowest BCUT2D eigenvalue weighted by atomic mass is 10.1. The van der Waals surface area contributed by atoms with E-state index in [0.29, 0.717) is 0 Å². The van der Waals surface area contributed by atoms with Gasteiger partial charge in [0.15, 0.2) is 12.2 Å². The van der Waals surface area contributed by atoms with Gasteiger partial charge in [0.25, 0.3) is 0 Å². The molecule has 0 spiro atoms. The first-order valence-electron chi connectivity index (χ1n) is 4.79. The monoisotopic (exact) mass is 212 g/mol. The number of esters is 2. The molecule has 0 saturated carbocycles. The molecule has 0 amide bonds. The van der Waals surface area contributed by atoms with Crippen molar-refractivity contribution < 1.29 is 23.8 Å². The molecule has 0 bridgehead atoms. The number of ether oxygens (including phenoxy) is 3. The highest BCUT2D eigenvalue weighted by Crippen LogP contribution is 2.31. The van der Waals surface area contributed by atoms with Crippen molar-refractivity contribution in [2.45, 2.75) is 38.3 Å². The summed E-state index contributed by atoms with van der Waals surface area (Å²) in [6.45, 7) is 3.19. The van der Waals surface area contributed by atoms with E-state index in [-0.39, 0.29) is 12.2 Å². The van der Waals surface area contributed by atoms with Crippen molar-refractivity contribution in [2.75, 3.05) is 0 Å². The molecule has 4 atom stereocenters. The second-order valence-corrected chi connectivity index (χ2v) is 3.64. The largest absolute Gasteiger partial charge is 0.454 e. The van der Waals surface area contributed by atoms with Crippen LogP contribution in [0.1, 0.15) is 13.8 Å². The second kappa shape index (κ2) is 3.66. The van der Waals surface area contributed by atoms with Crippen molar-refractivity contribution in [1.29, 1.82) is 0 Å². The number of epoxide rings is 1. The zero-order valence-corrected chi connectivity index (χ0v) is 8.51. The van der Waals surface area contributed by atoms with Crippen LogP contribution in [0.15, 0.2) is 12.2 Å². The molecular formula is C10H12O5. The maximum Gasteiger partial charge on any atom is 0.331 e. The minimum absolute atomic E-state index is 0.0485. The maximum atomic E-state index is 11.0. The molecule has 1 saturated heterocycles. The van der Waals surface area contributed by atoms with Crippen LogP contribution in [0.2, 0.25) is 0 Å². The van der Waals surface area contributed by atoms with Gasteiger partial charge in [0.1, 0.15) is 6.10 Å². The average Bonchev–Trinajstić information content (AvgIpc) is 2.85. The van der Waals surface area contributed by atoms with Gasteiger partial charge in [-0.2, -0.15) is 0 Å². The lowest BCUT2D eigenvalue weighted by Crippen LogP contribution is -2.40. The summed E-state index contributed by atoms with van der Waals surface area (Å²) < 4.78 is 15.3. The molecule has 5 nitrogen and oxygen atoms in total. The van der Waals surface area contributed by atoms with Gasteiger partial charge in [-0.05, 0) is 13.0 Å². The standard InChI is InChI=1S/C10H12O5/c1-5-9(13-5)10-7(14-6(2)11)3-4-8(12)15-10/h3-5,7,9-10H,1-2H3/t5-,7-,9+,10-/m0/s1. The topological polar surface area (TPSA) is 65.1 Å². The molecular weight excluding hydrogens is 200 g/mol. The molecule has 5 heteroatoms. The molecule has 2 rings (SSSR count). The van der Waals surface area contributed by atoms with Crippen molar-refractivity contribution in [2.24, 2.45) is 0 Å². The summed E-state index contributed by atoms with van der Waals surface area (Å²) in [5.74, 6) is -0.827. The van der Waals surface area contributed by atoms with Gasteiger partial charge in [0, 0.05) is 13.0 Å². The number of carbonyl (C=O) groups is 2. The maximum absolute atomic E-state index is 11.0. The first-order chi connectivity index (χ1) is 7.08. The van der Waals surface area contributed by atoms with E-state index in [2.05, 4.69) is 0 Å². The van der Waals surface area contributed by atoms with Crippen LogP contribution in [0.4, 0.5) is 0 Å². The first-order valence-corrected chi connectivity index (χ1v) is 4.79. The highest BCUT2D eigenvalue weighted by molar-refractivity contribution is 5.83. The van der Waals surface area contributed by atoms with Gasteiger partial charge in [0.05, 0.1) is 6.10 Å². The predicted octanol–water partition coefficient (Wildman–Crippen LogP) is 0.187. The molecule has 0 radical (unpaired) electrons. The summed E-state index contributed by atoms with van der Waals surface area (Å²) in [6.07, 6.45) is 1.64. The molecule has 2 heterocycles. The predicted molar refractivity (Wildman–Crippen MR) is 48.9 cm³/mol. The Balaban J connectivity index is 2.07. The highest BCUT2D eigenvalue weighted by atomic mass is 16.6. The summed E-state index contributed by atoms with van der Waals surface area (Å²) in [5, 5.41) is 0. The molecule has 2 aliphatic heterocycles. The lowest BCUT2D eigenvalue weighted by Gasteiger charge is -2.25. The molecule has 0 N–H and O–H groups in total. The minimum atomic E-state index is -0.532. The van der Waals surface area contributed by atoms with Gasteiger partial charge in [0.2, 0.25) is 0 Å². The molecule has 0 aliphatic carbocycles. The summed E-state index contributed by atoms with van der Waals surface area (Å²) >= 11 is 0. The summed E-state index contributed by atoms with van der Waals surface area (Å²) in [7, 11) is 0. The number of rotatable bonds is 2. The molecule has 82 valence electrons. The Kier molecular flexibility index (Phi) is 2.48. The Bertz CT molecular complexity index is 322. The van der Waals surface area contributed by atoms with E-state index in [1.54, 1.807) is 0 Å². The van der Waals surface area contributed by atoms with Crippen molar-refractivity contribution >= 4 is 11.9 Å². The lowest BCUT2D eigenvalue weighted by molar-refractivity contribution is -0.163. The number of cyclic esters (lactones) is 1.